The quantitative estimate of drug-likeness (QED) is 0.751. The minimum atomic E-state index is -0.506. The van der Waals surface area contributed by atoms with Gasteiger partial charge in [-0.3, -0.25) is 9.69 Å². The van der Waals surface area contributed by atoms with Gasteiger partial charge in [-0.15, -0.1) is 0 Å². The Balaban J connectivity index is 2.52. The molecule has 0 aromatic heterocycles. The number of carbonyl (C=O) groups excluding carboxylic acids is 1. The van der Waals surface area contributed by atoms with Crippen molar-refractivity contribution in [1.29, 1.82) is 0 Å². The van der Waals surface area contributed by atoms with Gasteiger partial charge in [-0.25, -0.2) is 0 Å². The molecule has 2 rings (SSSR count). The van der Waals surface area contributed by atoms with Crippen molar-refractivity contribution in [2.45, 2.75) is 58.4 Å². The van der Waals surface area contributed by atoms with Crippen molar-refractivity contribution in [3.05, 3.63) is 35.4 Å². The highest BCUT2D eigenvalue weighted by molar-refractivity contribution is 5.85. The van der Waals surface area contributed by atoms with E-state index in [1.54, 1.807) is 0 Å². The number of benzene rings is 1. The van der Waals surface area contributed by atoms with Gasteiger partial charge < -0.3 is 4.74 Å². The van der Waals surface area contributed by atoms with Crippen LogP contribution in [0, 0.1) is 6.92 Å². The SMILES string of the molecule is CCOC(=O)C1(c2cccc(C)c2)CCCC1N(CC)CC. The van der Waals surface area contributed by atoms with Crippen LogP contribution >= 0.6 is 0 Å². The zero-order chi connectivity index (χ0) is 16.2. The van der Waals surface area contributed by atoms with Gasteiger partial charge in [0.2, 0.25) is 0 Å². The third-order valence-corrected chi connectivity index (χ3v) is 5.04. The van der Waals surface area contributed by atoms with Gasteiger partial charge in [-0.05, 0) is 45.3 Å². The molecule has 3 nitrogen and oxygen atoms in total. The van der Waals surface area contributed by atoms with E-state index in [1.165, 1.54) is 5.56 Å². The maximum atomic E-state index is 13.0. The van der Waals surface area contributed by atoms with Crippen LogP contribution in [0.5, 0.6) is 0 Å². The summed E-state index contributed by atoms with van der Waals surface area (Å²) in [5.41, 5.74) is 1.82. The number of ether oxygens (including phenoxy) is 1. The van der Waals surface area contributed by atoms with E-state index in [0.29, 0.717) is 6.61 Å². The van der Waals surface area contributed by atoms with E-state index < -0.39 is 5.41 Å². The number of likely N-dealkylation sites (N-methyl/N-ethyl adjacent to an activating group) is 1. The number of hydrogen-bond acceptors (Lipinski definition) is 3. The number of esters is 1. The maximum absolute atomic E-state index is 13.0. The van der Waals surface area contributed by atoms with E-state index >= 15 is 0 Å². The molecule has 3 heteroatoms. The molecule has 22 heavy (non-hydrogen) atoms. The Hall–Kier alpha value is -1.35. The normalized spacial score (nSPS) is 24.7. The molecule has 1 saturated carbocycles. The van der Waals surface area contributed by atoms with Crippen LogP contribution < -0.4 is 0 Å². The fraction of sp³-hybridized carbons (Fsp3) is 0.632. The summed E-state index contributed by atoms with van der Waals surface area (Å²) in [6.07, 6.45) is 3.03. The fourth-order valence-electron chi connectivity index (χ4n) is 4.02. The van der Waals surface area contributed by atoms with Gasteiger partial charge in [-0.1, -0.05) is 50.1 Å². The molecule has 1 aromatic rings. The predicted molar refractivity (Wildman–Crippen MR) is 90.1 cm³/mol. The number of nitrogens with zero attached hydrogens (tertiary/aromatic N) is 1. The molecule has 1 aliphatic rings. The van der Waals surface area contributed by atoms with E-state index in [0.717, 1.165) is 37.9 Å². The standard InChI is InChI=1S/C19H29NO2/c1-5-20(6-2)17-12-9-13-19(17,18(21)22-7-3)16-11-8-10-15(4)14-16/h8,10-11,14,17H,5-7,9,12-13H2,1-4H3. The van der Waals surface area contributed by atoms with Crippen LogP contribution in [0.15, 0.2) is 24.3 Å². The smallest absolute Gasteiger partial charge is 0.318 e. The number of carbonyl (C=O) groups is 1. The summed E-state index contributed by atoms with van der Waals surface area (Å²) in [5, 5.41) is 0. The van der Waals surface area contributed by atoms with Crippen LogP contribution in [0.1, 0.15) is 51.2 Å². The molecule has 0 bridgehead atoms. The summed E-state index contributed by atoms with van der Waals surface area (Å²) in [6, 6.07) is 8.65. The minimum Gasteiger partial charge on any atom is -0.465 e. The van der Waals surface area contributed by atoms with Crippen LogP contribution in [0.2, 0.25) is 0 Å². The molecule has 0 spiro atoms. The van der Waals surface area contributed by atoms with E-state index in [2.05, 4.69) is 49.9 Å². The third-order valence-electron chi connectivity index (χ3n) is 5.04. The second-order valence-electron chi connectivity index (χ2n) is 6.19. The molecule has 1 fully saturated rings. The lowest BCUT2D eigenvalue weighted by molar-refractivity contribution is -0.152. The van der Waals surface area contributed by atoms with Crippen molar-refractivity contribution in [3.8, 4) is 0 Å². The Labute approximate surface area is 134 Å². The lowest BCUT2D eigenvalue weighted by Gasteiger charge is -2.40. The zero-order valence-corrected chi connectivity index (χ0v) is 14.4. The van der Waals surface area contributed by atoms with Crippen molar-refractivity contribution in [3.63, 3.8) is 0 Å². The third kappa shape index (κ3) is 2.91. The first-order valence-electron chi connectivity index (χ1n) is 8.58. The maximum Gasteiger partial charge on any atom is 0.318 e. The Morgan fingerprint density at radius 2 is 2.05 bits per heavy atom. The first-order valence-corrected chi connectivity index (χ1v) is 8.58. The molecule has 0 saturated heterocycles. The Morgan fingerprint density at radius 1 is 1.32 bits per heavy atom. The highest BCUT2D eigenvalue weighted by Crippen LogP contribution is 2.45. The summed E-state index contributed by atoms with van der Waals surface area (Å²) >= 11 is 0. The van der Waals surface area contributed by atoms with Crippen molar-refractivity contribution >= 4 is 5.97 Å². The Morgan fingerprint density at radius 3 is 2.64 bits per heavy atom. The highest BCUT2D eigenvalue weighted by atomic mass is 16.5. The van der Waals surface area contributed by atoms with Crippen LogP contribution in [-0.2, 0) is 14.9 Å². The molecule has 0 N–H and O–H groups in total. The zero-order valence-electron chi connectivity index (χ0n) is 14.4. The molecule has 1 aromatic carbocycles. The molecule has 0 radical (unpaired) electrons. The summed E-state index contributed by atoms with van der Waals surface area (Å²) in [7, 11) is 0. The van der Waals surface area contributed by atoms with Crippen molar-refractivity contribution in [1.82, 2.24) is 4.90 Å². The van der Waals surface area contributed by atoms with Crippen molar-refractivity contribution in [2.24, 2.45) is 0 Å². The molecular formula is C19H29NO2. The van der Waals surface area contributed by atoms with E-state index in [1.807, 2.05) is 6.92 Å². The molecule has 0 amide bonds. The second kappa shape index (κ2) is 7.28. The van der Waals surface area contributed by atoms with Gasteiger partial charge in [0.25, 0.3) is 0 Å². The topological polar surface area (TPSA) is 29.5 Å². The molecule has 1 aliphatic carbocycles. The molecule has 2 atom stereocenters. The average Bonchev–Trinajstić information content (AvgIpc) is 2.95. The second-order valence-corrected chi connectivity index (χ2v) is 6.19. The fourth-order valence-corrected chi connectivity index (χ4v) is 4.02. The lowest BCUT2D eigenvalue weighted by atomic mass is 9.74. The number of hydrogen-bond donors (Lipinski definition) is 0. The van der Waals surface area contributed by atoms with Gasteiger partial charge >= 0.3 is 5.97 Å². The van der Waals surface area contributed by atoms with Gasteiger partial charge in [0.15, 0.2) is 0 Å². The van der Waals surface area contributed by atoms with Gasteiger partial charge in [0.05, 0.1) is 6.61 Å². The summed E-state index contributed by atoms with van der Waals surface area (Å²) in [4.78, 5) is 15.4. The van der Waals surface area contributed by atoms with Crippen LogP contribution in [0.3, 0.4) is 0 Å². The number of rotatable bonds is 6. The van der Waals surface area contributed by atoms with Crippen molar-refractivity contribution < 1.29 is 9.53 Å². The molecule has 2 unspecified atom stereocenters. The van der Waals surface area contributed by atoms with Gasteiger partial charge in [0, 0.05) is 6.04 Å². The van der Waals surface area contributed by atoms with Gasteiger partial charge in [0.1, 0.15) is 5.41 Å². The monoisotopic (exact) mass is 303 g/mol. The average molecular weight is 303 g/mol. The lowest BCUT2D eigenvalue weighted by Crippen LogP contribution is -2.52. The van der Waals surface area contributed by atoms with Crippen LogP contribution in [0.25, 0.3) is 0 Å². The Bertz CT molecular complexity index is 510. The number of aryl methyl sites for hydroxylation is 1. The Kier molecular flexibility index (Phi) is 5.63. The first kappa shape index (κ1) is 17.0. The summed E-state index contributed by atoms with van der Waals surface area (Å²) in [5.74, 6) is -0.0463. The molecule has 0 aliphatic heterocycles. The van der Waals surface area contributed by atoms with E-state index in [9.17, 15) is 4.79 Å². The van der Waals surface area contributed by atoms with Crippen LogP contribution in [0.4, 0.5) is 0 Å². The molecule has 122 valence electrons. The summed E-state index contributed by atoms with van der Waals surface area (Å²) < 4.78 is 5.53. The highest BCUT2D eigenvalue weighted by Gasteiger charge is 2.53. The minimum absolute atomic E-state index is 0.0463. The molecular weight excluding hydrogens is 274 g/mol. The molecule has 0 heterocycles. The summed E-state index contributed by atoms with van der Waals surface area (Å²) in [6.45, 7) is 10.7. The largest absolute Gasteiger partial charge is 0.465 e. The van der Waals surface area contributed by atoms with Gasteiger partial charge in [-0.2, -0.15) is 0 Å². The first-order chi connectivity index (χ1) is 10.6. The van der Waals surface area contributed by atoms with Crippen molar-refractivity contribution in [2.75, 3.05) is 19.7 Å². The van der Waals surface area contributed by atoms with E-state index in [4.69, 9.17) is 4.74 Å². The predicted octanol–water partition coefficient (Wildman–Crippen LogP) is 3.69. The van der Waals surface area contributed by atoms with E-state index in [-0.39, 0.29) is 12.0 Å². The van der Waals surface area contributed by atoms with Crippen LogP contribution in [-0.4, -0.2) is 36.6 Å².